The van der Waals surface area contributed by atoms with E-state index in [0.717, 1.165) is 18.1 Å². The third-order valence-electron chi connectivity index (χ3n) is 5.84. The van der Waals surface area contributed by atoms with Gasteiger partial charge in [0, 0.05) is 31.1 Å². The first kappa shape index (κ1) is 25.5. The molecular formula is C19H41BNO4PSi. The highest BCUT2D eigenvalue weighted by Crippen LogP contribution is 2.49. The molecule has 5 nitrogen and oxygen atoms in total. The number of hydrogen-bond donors (Lipinski definition) is 0. The maximum absolute atomic E-state index is 6.51. The zero-order valence-corrected chi connectivity index (χ0v) is 20.8. The molecular weight excluding hydrogens is 376 g/mol. The fraction of sp³-hybridized carbons (Fsp3) is 1.00. The van der Waals surface area contributed by atoms with Gasteiger partial charge in [0.2, 0.25) is 0 Å². The molecule has 0 amide bonds. The predicted molar refractivity (Wildman–Crippen MR) is 118 cm³/mol. The lowest BCUT2D eigenvalue weighted by atomic mass is 9.86. The van der Waals surface area contributed by atoms with E-state index in [2.05, 4.69) is 60.1 Å². The lowest BCUT2D eigenvalue weighted by molar-refractivity contribution is 0.00283. The van der Waals surface area contributed by atoms with Crippen LogP contribution in [0.25, 0.3) is 0 Å². The van der Waals surface area contributed by atoms with Gasteiger partial charge in [0.1, 0.15) is 14.0 Å². The highest BCUT2D eigenvalue weighted by Gasteiger charge is 2.44. The average Bonchev–Trinajstić information content (AvgIpc) is 2.89. The van der Waals surface area contributed by atoms with E-state index in [1.165, 1.54) is 0 Å². The van der Waals surface area contributed by atoms with Gasteiger partial charge >= 0.3 is 0 Å². The van der Waals surface area contributed by atoms with Gasteiger partial charge in [-0.25, -0.2) is 4.67 Å². The van der Waals surface area contributed by atoms with Crippen molar-refractivity contribution in [3.8, 4) is 0 Å². The Hall–Kier alpha value is 0.512. The summed E-state index contributed by atoms with van der Waals surface area (Å²) in [5.74, 6) is 0.0980. The summed E-state index contributed by atoms with van der Waals surface area (Å²) >= 11 is 0. The van der Waals surface area contributed by atoms with Crippen molar-refractivity contribution in [1.29, 1.82) is 0 Å². The van der Waals surface area contributed by atoms with Gasteiger partial charge in [-0.1, -0.05) is 27.7 Å². The highest BCUT2D eigenvalue weighted by molar-refractivity contribution is 7.44. The Kier molecular flexibility index (Phi) is 11.0. The monoisotopic (exact) mass is 417 g/mol. The summed E-state index contributed by atoms with van der Waals surface area (Å²) in [5, 5.41) is 0. The molecule has 8 heteroatoms. The Morgan fingerprint density at radius 3 is 2.00 bits per heavy atom. The van der Waals surface area contributed by atoms with Crippen LogP contribution < -0.4 is 0 Å². The van der Waals surface area contributed by atoms with Crippen LogP contribution in [0, 0.1) is 5.92 Å². The van der Waals surface area contributed by atoms with Gasteiger partial charge in [-0.05, 0) is 45.8 Å². The molecule has 1 heterocycles. The maximum Gasteiger partial charge on any atom is 0.259 e. The normalized spacial score (nSPS) is 27.9. The molecule has 1 fully saturated rings. The number of rotatable bonds is 12. The van der Waals surface area contributed by atoms with Gasteiger partial charge in [0.25, 0.3) is 8.53 Å². The Bertz CT molecular complexity index is 412. The van der Waals surface area contributed by atoms with E-state index in [4.69, 9.17) is 26.1 Å². The Labute approximate surface area is 171 Å². The Morgan fingerprint density at radius 1 is 1.07 bits per heavy atom. The van der Waals surface area contributed by atoms with E-state index >= 15 is 0 Å². The molecule has 1 rings (SSSR count). The van der Waals surface area contributed by atoms with Gasteiger partial charge in [-0.3, -0.25) is 0 Å². The van der Waals surface area contributed by atoms with Crippen LogP contribution in [-0.4, -0.2) is 64.8 Å². The van der Waals surface area contributed by atoms with Crippen LogP contribution in [0.15, 0.2) is 0 Å². The summed E-state index contributed by atoms with van der Waals surface area (Å²) in [6.45, 7) is 18.0. The molecule has 1 aliphatic rings. The van der Waals surface area contributed by atoms with Crippen LogP contribution in [0.2, 0.25) is 18.1 Å². The second-order valence-electron chi connectivity index (χ2n) is 8.11. The van der Waals surface area contributed by atoms with Crippen LogP contribution in [0.5, 0.6) is 0 Å². The Balaban J connectivity index is 2.90. The molecule has 0 saturated carbocycles. The van der Waals surface area contributed by atoms with Crippen LogP contribution in [0.3, 0.4) is 0 Å². The fourth-order valence-electron chi connectivity index (χ4n) is 3.81. The standard InChI is InChI=1S/C19H41BNO4PSi/c1-10-27(11-2,12-3)23-13-17-18(16(8)19(20)24-17)25-26(22-9)21(14(4)5)15(6)7/h14-19H,10-13H2,1-9H3/t16?,17-,18-,19-,26?/m1/s1. The van der Waals surface area contributed by atoms with E-state index in [1.54, 1.807) is 7.11 Å². The Morgan fingerprint density at radius 2 is 1.59 bits per heavy atom. The SMILES string of the molecule is [B][C@@H]1O[C@H](CO[Si](CC)(CC)CC)[C@H](OP(OC)N(C(C)C)C(C)C)C1C. The first-order chi connectivity index (χ1) is 12.7. The molecule has 27 heavy (non-hydrogen) atoms. The molecule has 0 aromatic carbocycles. The molecule has 0 bridgehead atoms. The van der Waals surface area contributed by atoms with E-state index in [0.29, 0.717) is 18.7 Å². The van der Waals surface area contributed by atoms with Crippen molar-refractivity contribution in [3.05, 3.63) is 0 Å². The average molecular weight is 417 g/mol. The summed E-state index contributed by atoms with van der Waals surface area (Å²) in [4.78, 5) is 0. The van der Waals surface area contributed by atoms with Crippen LogP contribution in [0.1, 0.15) is 55.4 Å². The smallest absolute Gasteiger partial charge is 0.259 e. The largest absolute Gasteiger partial charge is 0.414 e. The molecule has 2 radical (unpaired) electrons. The lowest BCUT2D eigenvalue weighted by Gasteiger charge is -2.38. The van der Waals surface area contributed by atoms with Crippen molar-refractivity contribution in [2.75, 3.05) is 13.7 Å². The van der Waals surface area contributed by atoms with Crippen molar-refractivity contribution in [2.24, 2.45) is 5.92 Å². The molecule has 0 N–H and O–H groups in total. The molecule has 1 aliphatic heterocycles. The molecule has 5 atom stereocenters. The third kappa shape index (κ3) is 6.50. The topological polar surface area (TPSA) is 40.2 Å². The van der Waals surface area contributed by atoms with E-state index in [1.807, 2.05) is 0 Å². The van der Waals surface area contributed by atoms with Gasteiger partial charge in [-0.2, -0.15) is 0 Å². The minimum Gasteiger partial charge on any atom is -0.414 e. The minimum absolute atomic E-state index is 0.0980. The predicted octanol–water partition coefficient (Wildman–Crippen LogP) is 4.92. The molecule has 0 spiro atoms. The van der Waals surface area contributed by atoms with Crippen molar-refractivity contribution < 1.29 is 18.2 Å². The summed E-state index contributed by atoms with van der Waals surface area (Å²) < 4.78 is 27.1. The van der Waals surface area contributed by atoms with E-state index in [-0.39, 0.29) is 24.1 Å². The fourth-order valence-corrected chi connectivity index (χ4v) is 8.12. The molecule has 0 aromatic heterocycles. The molecule has 0 aliphatic carbocycles. The van der Waals surface area contributed by atoms with Crippen molar-refractivity contribution >= 4 is 24.7 Å². The van der Waals surface area contributed by atoms with E-state index < -0.39 is 16.8 Å². The summed E-state index contributed by atoms with van der Waals surface area (Å²) in [7, 11) is 5.08. The van der Waals surface area contributed by atoms with Gasteiger partial charge in [-0.15, -0.1) is 0 Å². The van der Waals surface area contributed by atoms with Gasteiger partial charge in [0.15, 0.2) is 8.32 Å². The number of nitrogens with zero attached hydrogens (tertiary/aromatic N) is 1. The minimum atomic E-state index is -1.68. The van der Waals surface area contributed by atoms with Crippen LogP contribution in [0.4, 0.5) is 0 Å². The molecule has 0 aromatic rings. The highest BCUT2D eigenvalue weighted by atomic mass is 31.2. The molecule has 1 saturated heterocycles. The van der Waals surface area contributed by atoms with Crippen molar-refractivity contribution in [1.82, 2.24) is 4.67 Å². The van der Waals surface area contributed by atoms with Crippen molar-refractivity contribution in [3.63, 3.8) is 0 Å². The quantitative estimate of drug-likeness (QED) is 0.333. The van der Waals surface area contributed by atoms with Gasteiger partial charge in [0.05, 0.1) is 12.7 Å². The second kappa shape index (κ2) is 11.6. The number of hydrogen-bond acceptors (Lipinski definition) is 5. The molecule has 158 valence electrons. The number of ether oxygens (including phenoxy) is 1. The third-order valence-corrected chi connectivity index (χ3v) is 12.5. The molecule has 2 unspecified atom stereocenters. The van der Waals surface area contributed by atoms with Gasteiger partial charge < -0.3 is 18.2 Å². The zero-order chi connectivity index (χ0) is 20.8. The zero-order valence-electron chi connectivity index (χ0n) is 18.9. The van der Waals surface area contributed by atoms with Crippen LogP contribution in [-0.2, 0) is 18.2 Å². The van der Waals surface area contributed by atoms with Crippen molar-refractivity contribution in [2.45, 2.75) is 104 Å². The first-order valence-corrected chi connectivity index (χ1v) is 14.2. The summed E-state index contributed by atoms with van der Waals surface area (Å²) in [6.07, 6.45) is -0.267. The van der Waals surface area contributed by atoms with E-state index in [9.17, 15) is 0 Å². The maximum atomic E-state index is 6.51. The summed E-state index contributed by atoms with van der Waals surface area (Å²) in [5.41, 5.74) is 0. The summed E-state index contributed by atoms with van der Waals surface area (Å²) in [6, 6.07) is 3.71. The van der Waals surface area contributed by atoms with Crippen LogP contribution >= 0.6 is 8.53 Å². The second-order valence-corrected chi connectivity index (χ2v) is 14.4. The first-order valence-electron chi connectivity index (χ1n) is 10.5. The lowest BCUT2D eigenvalue weighted by Crippen LogP contribution is -2.42.